The topological polar surface area (TPSA) is 92.7 Å². The third kappa shape index (κ3) is 4.65. The molecule has 1 heterocycles. The Kier molecular flexibility index (Phi) is 7.90. The van der Waals surface area contributed by atoms with Crippen molar-refractivity contribution in [1.29, 1.82) is 0 Å². The van der Waals surface area contributed by atoms with Gasteiger partial charge in [-0.3, -0.25) is 14.6 Å². The van der Waals surface area contributed by atoms with Gasteiger partial charge in [-0.2, -0.15) is 0 Å². The van der Waals surface area contributed by atoms with E-state index in [4.69, 9.17) is 23.7 Å². The lowest BCUT2D eigenvalue weighted by Gasteiger charge is -2.34. The van der Waals surface area contributed by atoms with Crippen LogP contribution in [0, 0.1) is 5.92 Å². The molecule has 8 nitrogen and oxygen atoms in total. The summed E-state index contributed by atoms with van der Waals surface area (Å²) >= 11 is 0. The van der Waals surface area contributed by atoms with Crippen LogP contribution in [-0.4, -0.2) is 58.6 Å². The molecule has 3 rings (SSSR count). The minimum absolute atomic E-state index is 0.00775. The number of carbonyl (C=O) groups excluding carboxylic acids is 2. The van der Waals surface area contributed by atoms with E-state index in [1.165, 1.54) is 21.3 Å². The van der Waals surface area contributed by atoms with Gasteiger partial charge < -0.3 is 23.7 Å². The van der Waals surface area contributed by atoms with Crippen LogP contribution < -0.4 is 14.2 Å². The summed E-state index contributed by atoms with van der Waals surface area (Å²) in [4.78, 5) is 30.9. The molecule has 2 aliphatic rings. The molecule has 1 aromatic rings. The van der Waals surface area contributed by atoms with Gasteiger partial charge in [-0.1, -0.05) is 0 Å². The van der Waals surface area contributed by atoms with Gasteiger partial charge in [0, 0.05) is 35.9 Å². The highest BCUT2D eigenvalue weighted by Crippen LogP contribution is 2.47. The van der Waals surface area contributed by atoms with Crippen LogP contribution in [0.4, 0.5) is 0 Å². The van der Waals surface area contributed by atoms with E-state index in [9.17, 15) is 9.59 Å². The number of esters is 1. The lowest BCUT2D eigenvalue weighted by molar-refractivity contribution is -0.148. The van der Waals surface area contributed by atoms with E-state index >= 15 is 0 Å². The maximum Gasteiger partial charge on any atom is 0.315 e. The fourth-order valence-corrected chi connectivity index (χ4v) is 4.39. The molecular weight excluding hydrogens is 414 g/mol. The van der Waals surface area contributed by atoms with E-state index in [0.717, 1.165) is 12.1 Å². The Morgan fingerprint density at radius 2 is 1.75 bits per heavy atom. The van der Waals surface area contributed by atoms with Gasteiger partial charge in [0.15, 0.2) is 17.3 Å². The summed E-state index contributed by atoms with van der Waals surface area (Å²) in [5.74, 6) is -0.362. The number of rotatable bonds is 9. The zero-order valence-electron chi connectivity index (χ0n) is 19.4. The first-order valence-corrected chi connectivity index (χ1v) is 10.8. The number of aliphatic imine (C=N–C) groups is 1. The van der Waals surface area contributed by atoms with Crippen LogP contribution in [0.2, 0.25) is 0 Å². The van der Waals surface area contributed by atoms with E-state index in [1.54, 1.807) is 12.1 Å². The van der Waals surface area contributed by atoms with Crippen molar-refractivity contribution in [1.82, 2.24) is 0 Å². The third-order valence-corrected chi connectivity index (χ3v) is 5.81. The summed E-state index contributed by atoms with van der Waals surface area (Å²) in [6.07, 6.45) is 1.88. The number of benzene rings is 1. The van der Waals surface area contributed by atoms with E-state index in [1.807, 2.05) is 13.8 Å². The molecule has 1 aliphatic heterocycles. The van der Waals surface area contributed by atoms with E-state index in [0.29, 0.717) is 60.2 Å². The van der Waals surface area contributed by atoms with Crippen molar-refractivity contribution < 1.29 is 33.3 Å². The Balaban J connectivity index is 2.10. The van der Waals surface area contributed by atoms with Crippen LogP contribution in [0.15, 0.2) is 28.4 Å². The summed E-state index contributed by atoms with van der Waals surface area (Å²) in [5.41, 5.74) is 2.65. The second-order valence-corrected chi connectivity index (χ2v) is 7.67. The van der Waals surface area contributed by atoms with Gasteiger partial charge >= 0.3 is 5.97 Å². The van der Waals surface area contributed by atoms with Crippen molar-refractivity contribution in [2.24, 2.45) is 10.9 Å². The fourth-order valence-electron chi connectivity index (χ4n) is 4.39. The van der Waals surface area contributed by atoms with Gasteiger partial charge in [0.05, 0.1) is 27.9 Å². The molecule has 1 aliphatic carbocycles. The summed E-state index contributed by atoms with van der Waals surface area (Å²) < 4.78 is 27.3. The minimum Gasteiger partial charge on any atom is -0.493 e. The highest BCUT2D eigenvalue weighted by Gasteiger charge is 2.43. The maximum absolute atomic E-state index is 13.2. The Bertz CT molecular complexity index is 909. The fraction of sp³-hybridized carbons (Fsp3) is 0.542. The predicted octanol–water partition coefficient (Wildman–Crippen LogP) is 3.47. The maximum atomic E-state index is 13.2. The van der Waals surface area contributed by atoms with Crippen LogP contribution in [-0.2, 0) is 19.1 Å². The second-order valence-electron chi connectivity index (χ2n) is 7.67. The Morgan fingerprint density at radius 1 is 1.06 bits per heavy atom. The molecule has 0 N–H and O–H groups in total. The molecule has 0 saturated heterocycles. The molecule has 0 amide bonds. The number of hydrogen-bond acceptors (Lipinski definition) is 8. The Hall–Kier alpha value is -2.87. The third-order valence-electron chi connectivity index (χ3n) is 5.81. The van der Waals surface area contributed by atoms with Crippen molar-refractivity contribution in [3.63, 3.8) is 0 Å². The smallest absolute Gasteiger partial charge is 0.315 e. The standard InChI is InChI=1S/C24H31NO7/c1-6-31-10-11-32-24(27)20-14(2)25-16-8-7-9-17(26)22(16)21(20)15-12-18(28-3)23(30-5)19(13-15)29-4/h12-13,20-21H,6-11H2,1-5H3/t20?,21-/m1/s1. The molecule has 8 heteroatoms. The predicted molar refractivity (Wildman–Crippen MR) is 119 cm³/mol. The lowest BCUT2D eigenvalue weighted by Crippen LogP contribution is -2.37. The van der Waals surface area contributed by atoms with Crippen LogP contribution in [0.5, 0.6) is 17.2 Å². The average Bonchev–Trinajstić information content (AvgIpc) is 2.79. The first-order valence-electron chi connectivity index (χ1n) is 10.8. The molecule has 2 atom stereocenters. The number of carbonyl (C=O) groups is 2. The number of Topliss-reactive ketones (excluding diaryl/α,β-unsaturated/α-hetero) is 1. The van der Waals surface area contributed by atoms with Gasteiger partial charge in [-0.25, -0.2) is 0 Å². The molecule has 1 aromatic carbocycles. The van der Waals surface area contributed by atoms with Crippen LogP contribution in [0.25, 0.3) is 0 Å². The lowest BCUT2D eigenvalue weighted by atomic mass is 9.71. The number of allylic oxidation sites excluding steroid dienone is 2. The average molecular weight is 446 g/mol. The number of ether oxygens (including phenoxy) is 5. The van der Waals surface area contributed by atoms with Gasteiger partial charge in [-0.15, -0.1) is 0 Å². The molecule has 0 spiro atoms. The van der Waals surface area contributed by atoms with E-state index in [-0.39, 0.29) is 12.4 Å². The summed E-state index contributed by atoms with van der Waals surface area (Å²) in [5, 5.41) is 0. The molecule has 1 unspecified atom stereocenters. The van der Waals surface area contributed by atoms with Crippen LogP contribution >= 0.6 is 0 Å². The van der Waals surface area contributed by atoms with Gasteiger partial charge in [0.1, 0.15) is 12.5 Å². The van der Waals surface area contributed by atoms with Crippen molar-refractivity contribution in [3.8, 4) is 17.2 Å². The van der Waals surface area contributed by atoms with Crippen molar-refractivity contribution in [2.45, 2.75) is 39.0 Å². The molecule has 0 radical (unpaired) electrons. The molecule has 32 heavy (non-hydrogen) atoms. The zero-order chi connectivity index (χ0) is 23.3. The second kappa shape index (κ2) is 10.6. The molecule has 174 valence electrons. The van der Waals surface area contributed by atoms with Crippen molar-refractivity contribution in [2.75, 3.05) is 41.2 Å². The van der Waals surface area contributed by atoms with Gasteiger partial charge in [0.25, 0.3) is 0 Å². The summed E-state index contributed by atoms with van der Waals surface area (Å²) in [6.45, 7) is 4.68. The normalized spacial score (nSPS) is 20.4. The zero-order valence-corrected chi connectivity index (χ0v) is 19.4. The largest absolute Gasteiger partial charge is 0.493 e. The van der Waals surface area contributed by atoms with Gasteiger partial charge in [-0.05, 0) is 44.4 Å². The Labute approximate surface area is 188 Å². The van der Waals surface area contributed by atoms with Crippen molar-refractivity contribution in [3.05, 3.63) is 29.0 Å². The molecular formula is C24H31NO7. The monoisotopic (exact) mass is 445 g/mol. The van der Waals surface area contributed by atoms with Gasteiger partial charge in [0.2, 0.25) is 5.75 Å². The summed E-state index contributed by atoms with van der Waals surface area (Å²) in [6, 6.07) is 3.58. The highest BCUT2D eigenvalue weighted by atomic mass is 16.6. The van der Waals surface area contributed by atoms with Crippen LogP contribution in [0.3, 0.4) is 0 Å². The number of ketones is 1. The van der Waals surface area contributed by atoms with Crippen LogP contribution in [0.1, 0.15) is 44.6 Å². The van der Waals surface area contributed by atoms with E-state index < -0.39 is 17.8 Å². The number of hydrogen-bond donors (Lipinski definition) is 0. The van der Waals surface area contributed by atoms with E-state index in [2.05, 4.69) is 4.99 Å². The first-order chi connectivity index (χ1) is 15.5. The minimum atomic E-state index is -0.736. The Morgan fingerprint density at radius 3 is 2.34 bits per heavy atom. The molecule has 0 bridgehead atoms. The number of nitrogens with zero attached hydrogens (tertiary/aromatic N) is 1. The SMILES string of the molecule is CCOCCOC(=O)C1C(C)=NC2=C(C(=O)CCC2)[C@@H]1c1cc(OC)c(OC)c(OC)c1. The first kappa shape index (κ1) is 23.8. The quantitative estimate of drug-likeness (QED) is 0.424. The summed E-state index contributed by atoms with van der Waals surface area (Å²) in [7, 11) is 4.59. The highest BCUT2D eigenvalue weighted by molar-refractivity contribution is 6.08. The van der Waals surface area contributed by atoms with Crippen molar-refractivity contribution >= 4 is 17.5 Å². The molecule has 0 aromatic heterocycles. The molecule has 0 fully saturated rings. The number of methoxy groups -OCH3 is 3. The molecule has 0 saturated carbocycles.